The summed E-state index contributed by atoms with van der Waals surface area (Å²) in [5.74, 6) is 3.27. The van der Waals surface area contributed by atoms with Gasteiger partial charge in [-0.1, -0.05) is 44.1 Å². The fourth-order valence-electron chi connectivity index (χ4n) is 8.58. The number of fused-ring (bicyclic) bond motifs is 5. The van der Waals surface area contributed by atoms with E-state index >= 15 is 0 Å². The van der Waals surface area contributed by atoms with Crippen molar-refractivity contribution in [3.63, 3.8) is 0 Å². The van der Waals surface area contributed by atoms with Gasteiger partial charge < -0.3 is 10.2 Å². The van der Waals surface area contributed by atoms with Gasteiger partial charge in [0, 0.05) is 0 Å². The summed E-state index contributed by atoms with van der Waals surface area (Å²) in [5, 5.41) is 21.7. The predicted molar refractivity (Wildman–Crippen MR) is 120 cm³/mol. The highest BCUT2D eigenvalue weighted by atomic mass is 16.3. The van der Waals surface area contributed by atoms with E-state index in [0.29, 0.717) is 17.3 Å². The Balaban J connectivity index is 1.56. The molecule has 2 N–H and O–H groups in total. The molecule has 1 unspecified atom stereocenters. The van der Waals surface area contributed by atoms with E-state index in [0.717, 1.165) is 49.9 Å². The lowest BCUT2D eigenvalue weighted by Gasteiger charge is -2.60. The fraction of sp³-hybridized carbons (Fsp3) is 0.852. The van der Waals surface area contributed by atoms with Crippen LogP contribution >= 0.6 is 0 Å². The normalized spacial score (nSPS) is 47.5. The van der Waals surface area contributed by atoms with Gasteiger partial charge in [-0.2, -0.15) is 0 Å². The molecule has 164 valence electrons. The monoisotopic (exact) mass is 400 g/mol. The maximum Gasteiger partial charge on any atom is 0.0585 e. The predicted octanol–water partition coefficient (Wildman–Crippen LogP) is 6.28. The number of hydrogen-bond donors (Lipinski definition) is 2. The molecule has 0 aromatic heterocycles. The van der Waals surface area contributed by atoms with Gasteiger partial charge in [0.25, 0.3) is 0 Å². The summed E-state index contributed by atoms with van der Waals surface area (Å²) in [6, 6.07) is 0. The maximum atomic E-state index is 11.5. The van der Waals surface area contributed by atoms with E-state index < -0.39 is 0 Å². The minimum absolute atomic E-state index is 0.107. The Bertz CT molecular complexity index is 674. The molecule has 9 atom stereocenters. The first-order chi connectivity index (χ1) is 13.7. The third-order valence-corrected chi connectivity index (χ3v) is 9.94. The minimum Gasteiger partial charge on any atom is -0.393 e. The van der Waals surface area contributed by atoms with Crippen molar-refractivity contribution in [1.29, 1.82) is 0 Å². The maximum absolute atomic E-state index is 11.5. The third kappa shape index (κ3) is 3.57. The first-order valence-corrected chi connectivity index (χ1v) is 12.4. The van der Waals surface area contributed by atoms with Gasteiger partial charge in [0.15, 0.2) is 0 Å². The molecule has 4 aliphatic rings. The van der Waals surface area contributed by atoms with Crippen LogP contribution in [0.25, 0.3) is 0 Å². The Morgan fingerprint density at radius 2 is 1.97 bits per heavy atom. The van der Waals surface area contributed by atoms with Gasteiger partial charge in [0.2, 0.25) is 0 Å². The van der Waals surface area contributed by atoms with Crippen LogP contribution in [0.5, 0.6) is 0 Å². The topological polar surface area (TPSA) is 40.5 Å². The van der Waals surface area contributed by atoms with E-state index in [1.165, 1.54) is 36.8 Å². The molecule has 4 aliphatic carbocycles. The Kier molecular flexibility index (Phi) is 5.84. The molecular formula is C27H44O2. The van der Waals surface area contributed by atoms with Crippen LogP contribution in [0, 0.1) is 40.4 Å². The van der Waals surface area contributed by atoms with E-state index in [2.05, 4.69) is 46.8 Å². The largest absolute Gasteiger partial charge is 0.393 e. The first kappa shape index (κ1) is 21.6. The van der Waals surface area contributed by atoms with Gasteiger partial charge in [-0.05, 0) is 112 Å². The zero-order valence-corrected chi connectivity index (χ0v) is 19.5. The van der Waals surface area contributed by atoms with E-state index in [1.54, 1.807) is 0 Å². The van der Waals surface area contributed by atoms with Crippen molar-refractivity contribution in [1.82, 2.24) is 0 Å². The number of hydrogen-bond acceptors (Lipinski definition) is 2. The molecule has 0 aromatic carbocycles. The smallest absolute Gasteiger partial charge is 0.0585 e. The Morgan fingerprint density at radius 3 is 2.69 bits per heavy atom. The van der Waals surface area contributed by atoms with Gasteiger partial charge in [0.05, 0.1) is 12.2 Å². The van der Waals surface area contributed by atoms with Crippen LogP contribution in [0.4, 0.5) is 0 Å². The molecule has 0 aliphatic heterocycles. The lowest BCUT2D eigenvalue weighted by molar-refractivity contribution is -0.129. The number of allylic oxidation sites excluding steroid dienone is 3. The number of rotatable bonds is 4. The Hall–Kier alpha value is -0.600. The lowest BCUT2D eigenvalue weighted by atomic mass is 9.46. The summed E-state index contributed by atoms with van der Waals surface area (Å²) < 4.78 is 0. The van der Waals surface area contributed by atoms with Crippen LogP contribution in [0.2, 0.25) is 0 Å². The molecule has 0 amide bonds. The fourth-order valence-corrected chi connectivity index (χ4v) is 8.58. The summed E-state index contributed by atoms with van der Waals surface area (Å²) in [4.78, 5) is 0. The van der Waals surface area contributed by atoms with Crippen LogP contribution in [0.3, 0.4) is 0 Å². The molecule has 29 heavy (non-hydrogen) atoms. The van der Waals surface area contributed by atoms with Gasteiger partial charge in [-0.3, -0.25) is 0 Å². The van der Waals surface area contributed by atoms with Crippen LogP contribution in [0.1, 0.15) is 92.4 Å². The van der Waals surface area contributed by atoms with Crippen molar-refractivity contribution in [2.24, 2.45) is 40.4 Å². The average molecular weight is 401 g/mol. The van der Waals surface area contributed by atoms with Crippen molar-refractivity contribution in [2.75, 3.05) is 0 Å². The quantitative estimate of drug-likeness (QED) is 0.545. The molecule has 0 heterocycles. The second-order valence-corrected chi connectivity index (χ2v) is 11.9. The summed E-state index contributed by atoms with van der Waals surface area (Å²) in [7, 11) is 0. The number of aliphatic hydroxyl groups is 2. The highest BCUT2D eigenvalue weighted by Gasteiger charge is 2.61. The van der Waals surface area contributed by atoms with E-state index in [-0.39, 0.29) is 17.6 Å². The molecule has 3 saturated carbocycles. The molecule has 0 spiro atoms. The van der Waals surface area contributed by atoms with Gasteiger partial charge in [-0.15, -0.1) is 0 Å². The molecule has 0 saturated heterocycles. The van der Waals surface area contributed by atoms with E-state index in [1.807, 2.05) is 0 Å². The molecule has 0 aromatic rings. The summed E-state index contributed by atoms with van der Waals surface area (Å²) in [5.41, 5.74) is 3.28. The molecule has 4 rings (SSSR count). The summed E-state index contributed by atoms with van der Waals surface area (Å²) >= 11 is 0. The Labute approximate surface area is 178 Å². The van der Waals surface area contributed by atoms with Crippen molar-refractivity contribution < 1.29 is 10.2 Å². The average Bonchev–Trinajstić information content (AvgIpc) is 2.98. The highest BCUT2D eigenvalue weighted by molar-refractivity contribution is 5.26. The van der Waals surface area contributed by atoms with Crippen LogP contribution in [-0.4, -0.2) is 22.4 Å². The molecule has 0 bridgehead atoms. The van der Waals surface area contributed by atoms with Crippen molar-refractivity contribution in [3.8, 4) is 0 Å². The van der Waals surface area contributed by atoms with Gasteiger partial charge >= 0.3 is 0 Å². The van der Waals surface area contributed by atoms with Crippen molar-refractivity contribution in [2.45, 2.75) is 105 Å². The first-order valence-electron chi connectivity index (χ1n) is 12.4. The SMILES string of the molecule is CC(C)=CCC[C@@H](C)[C@H]1CC[C@H]2[C@@H]3CC=C4C[C@H](O)CC[C@]4(C)[C@H]3C(O)C[C@]12C. The van der Waals surface area contributed by atoms with Crippen molar-refractivity contribution >= 4 is 0 Å². The van der Waals surface area contributed by atoms with Crippen LogP contribution in [0.15, 0.2) is 23.3 Å². The second kappa shape index (κ2) is 7.83. The molecule has 0 radical (unpaired) electrons. The third-order valence-electron chi connectivity index (χ3n) is 9.94. The molecular weight excluding hydrogens is 356 g/mol. The van der Waals surface area contributed by atoms with E-state index in [9.17, 15) is 10.2 Å². The second-order valence-electron chi connectivity index (χ2n) is 11.9. The summed E-state index contributed by atoms with van der Waals surface area (Å²) in [6.07, 6.45) is 14.6. The van der Waals surface area contributed by atoms with E-state index in [4.69, 9.17) is 0 Å². The van der Waals surface area contributed by atoms with Crippen LogP contribution < -0.4 is 0 Å². The van der Waals surface area contributed by atoms with Gasteiger partial charge in [0.1, 0.15) is 0 Å². The summed E-state index contributed by atoms with van der Waals surface area (Å²) in [6.45, 7) is 11.8. The minimum atomic E-state index is -0.184. The molecule has 2 nitrogen and oxygen atoms in total. The van der Waals surface area contributed by atoms with Crippen LogP contribution in [-0.2, 0) is 0 Å². The standard InChI is InChI=1S/C27H44O2/c1-17(2)7-6-8-18(3)22-11-12-23-21-10-9-19-15-20(28)13-14-26(19,4)25(21)24(29)16-27(22,23)5/h7,9,18,20-25,28-29H,6,8,10-16H2,1-5H3/t18-,20-,21+,22-,23+,24?,25-,26+,27-/m1/s1. The molecule has 2 heteroatoms. The number of aliphatic hydroxyl groups excluding tert-OH is 2. The molecule has 3 fully saturated rings. The van der Waals surface area contributed by atoms with Crippen molar-refractivity contribution in [3.05, 3.63) is 23.3 Å². The Morgan fingerprint density at radius 1 is 1.21 bits per heavy atom. The van der Waals surface area contributed by atoms with Gasteiger partial charge in [-0.25, -0.2) is 0 Å². The zero-order chi connectivity index (χ0) is 21.0. The highest BCUT2D eigenvalue weighted by Crippen LogP contribution is 2.67. The lowest BCUT2D eigenvalue weighted by Crippen LogP contribution is -2.56. The zero-order valence-electron chi connectivity index (χ0n) is 19.5.